The second-order valence-electron chi connectivity index (χ2n) is 20.0. The minimum atomic E-state index is -1.65. The normalized spacial score (nSPS) is 56.3. The second kappa shape index (κ2) is 13.9. The summed E-state index contributed by atoms with van der Waals surface area (Å²) in [5.74, 6) is -1.85. The summed E-state index contributed by atoms with van der Waals surface area (Å²) in [6.45, 7) is 14.3. The Hall–Kier alpha value is -1.27. The lowest BCUT2D eigenvalue weighted by Crippen LogP contribution is -2.70. The van der Waals surface area contributed by atoms with Gasteiger partial charge >= 0.3 is 5.97 Å². The zero-order valence-corrected chi connectivity index (χ0v) is 33.4. The van der Waals surface area contributed by atoms with Gasteiger partial charge in [0.2, 0.25) is 0 Å². The van der Waals surface area contributed by atoms with Gasteiger partial charge in [-0.3, -0.25) is 4.79 Å². The maximum absolute atomic E-state index is 13.6. The Balaban J connectivity index is 1.17. The Morgan fingerprint density at radius 3 is 2.16 bits per heavy atom. The Kier molecular flexibility index (Phi) is 10.6. The van der Waals surface area contributed by atoms with Crippen LogP contribution in [0.5, 0.6) is 0 Å². The molecule has 9 N–H and O–H groups in total. The molecule has 2 saturated heterocycles. The average Bonchev–Trinajstić information content (AvgIpc) is 3.12. The monoisotopic (exact) mass is 782 g/mol. The SMILES string of the molecule is C[C@@H]1[C@H](O[C@@H]2O[C@H](CO)[C@@H](O)[C@H](O)[C@H]2O)C[C@]2(C(=O)O)CC[C@]3(C)C(=CC[C@@H]4[C@@]5(C)CC[C@H](O[C@@H]6OC[C@H](O)[C@H](O)[C@H]6O)C(C)(C)[C@@H]5CC[C@]43C)[C@@H]2[C@]1(C)O. The highest BCUT2D eigenvalue weighted by Crippen LogP contribution is 2.76. The first-order valence-corrected chi connectivity index (χ1v) is 20.5. The van der Waals surface area contributed by atoms with Crippen molar-refractivity contribution in [2.24, 2.45) is 50.7 Å². The average molecular weight is 783 g/mol. The number of rotatable bonds is 6. The third-order valence-corrected chi connectivity index (χ3v) is 17.4. The molecule has 20 atom stereocenters. The molecule has 0 spiro atoms. The summed E-state index contributed by atoms with van der Waals surface area (Å²) in [6.07, 6.45) is -6.27. The van der Waals surface area contributed by atoms with E-state index in [0.717, 1.165) is 37.7 Å². The van der Waals surface area contributed by atoms with E-state index >= 15 is 0 Å². The molecule has 0 bridgehead atoms. The summed E-state index contributed by atoms with van der Waals surface area (Å²) in [6, 6.07) is 0. The van der Waals surface area contributed by atoms with Crippen molar-refractivity contribution in [3.8, 4) is 0 Å². The number of fused-ring (bicyclic) bond motifs is 7. The maximum Gasteiger partial charge on any atom is 0.310 e. The molecule has 5 aliphatic carbocycles. The van der Waals surface area contributed by atoms with Crippen molar-refractivity contribution < 1.29 is 69.7 Å². The molecule has 7 rings (SSSR count). The molecule has 14 heteroatoms. The van der Waals surface area contributed by atoms with Crippen molar-refractivity contribution >= 4 is 5.97 Å². The van der Waals surface area contributed by atoms with Crippen molar-refractivity contribution in [1.82, 2.24) is 0 Å². The van der Waals surface area contributed by atoms with Crippen LogP contribution in [0.1, 0.15) is 99.8 Å². The molecular weight excluding hydrogens is 716 g/mol. The quantitative estimate of drug-likeness (QED) is 0.137. The first-order valence-electron chi connectivity index (χ1n) is 20.5. The number of carboxylic acids is 1. The number of aliphatic carboxylic acids is 1. The van der Waals surface area contributed by atoms with Gasteiger partial charge in [0.05, 0.1) is 36.4 Å². The van der Waals surface area contributed by atoms with E-state index in [4.69, 9.17) is 18.9 Å². The van der Waals surface area contributed by atoms with Gasteiger partial charge in [-0.15, -0.1) is 0 Å². The predicted octanol–water partition coefficient (Wildman–Crippen LogP) is 1.46. The van der Waals surface area contributed by atoms with Gasteiger partial charge in [-0.1, -0.05) is 53.2 Å². The topological polar surface area (TPSA) is 236 Å². The molecule has 0 aromatic heterocycles. The highest BCUT2D eigenvalue weighted by atomic mass is 16.7. The van der Waals surface area contributed by atoms with Crippen LogP contribution in [-0.2, 0) is 23.7 Å². The van der Waals surface area contributed by atoms with Gasteiger partial charge in [0.15, 0.2) is 12.6 Å². The van der Waals surface area contributed by atoms with E-state index < -0.39 is 102 Å². The number of aliphatic hydroxyl groups excluding tert-OH is 7. The van der Waals surface area contributed by atoms with Crippen LogP contribution in [0.4, 0.5) is 0 Å². The molecular formula is C41H66O14. The summed E-state index contributed by atoms with van der Waals surface area (Å²) < 4.78 is 24.0. The van der Waals surface area contributed by atoms with Crippen LogP contribution in [0.25, 0.3) is 0 Å². The smallest absolute Gasteiger partial charge is 0.310 e. The van der Waals surface area contributed by atoms with Crippen LogP contribution >= 0.6 is 0 Å². The highest BCUT2D eigenvalue weighted by molar-refractivity contribution is 5.77. The molecule has 0 amide bonds. The van der Waals surface area contributed by atoms with Crippen molar-refractivity contribution in [3.63, 3.8) is 0 Å². The van der Waals surface area contributed by atoms with Crippen molar-refractivity contribution in [2.75, 3.05) is 13.2 Å². The van der Waals surface area contributed by atoms with Gasteiger partial charge in [-0.2, -0.15) is 0 Å². The molecule has 6 fully saturated rings. The van der Waals surface area contributed by atoms with Gasteiger partial charge < -0.3 is 64.9 Å². The van der Waals surface area contributed by atoms with Crippen LogP contribution in [-0.4, -0.2) is 138 Å². The number of hydrogen-bond donors (Lipinski definition) is 9. The second-order valence-corrected chi connectivity index (χ2v) is 20.0. The Morgan fingerprint density at radius 2 is 1.51 bits per heavy atom. The molecule has 0 aromatic carbocycles. The van der Waals surface area contributed by atoms with Gasteiger partial charge in [0, 0.05) is 11.8 Å². The third kappa shape index (κ3) is 5.89. The summed E-state index contributed by atoms with van der Waals surface area (Å²) in [5.41, 5.74) is -3.01. The Labute approximate surface area is 323 Å². The molecule has 314 valence electrons. The van der Waals surface area contributed by atoms with Crippen molar-refractivity contribution in [1.29, 1.82) is 0 Å². The van der Waals surface area contributed by atoms with E-state index in [2.05, 4.69) is 40.7 Å². The summed E-state index contributed by atoms with van der Waals surface area (Å²) in [7, 11) is 0. The largest absolute Gasteiger partial charge is 0.481 e. The first kappa shape index (κ1) is 41.9. The van der Waals surface area contributed by atoms with Crippen molar-refractivity contribution in [3.05, 3.63) is 11.6 Å². The lowest BCUT2D eigenvalue weighted by molar-refractivity contribution is -0.328. The molecule has 0 unspecified atom stereocenters. The van der Waals surface area contributed by atoms with E-state index in [1.54, 1.807) is 6.92 Å². The Morgan fingerprint density at radius 1 is 0.836 bits per heavy atom. The van der Waals surface area contributed by atoms with Crippen molar-refractivity contribution in [2.45, 2.75) is 173 Å². The molecule has 0 radical (unpaired) electrons. The van der Waals surface area contributed by atoms with Gasteiger partial charge in [0.25, 0.3) is 0 Å². The molecule has 14 nitrogen and oxygen atoms in total. The third-order valence-electron chi connectivity index (χ3n) is 17.4. The fourth-order valence-electron chi connectivity index (χ4n) is 13.7. The van der Waals surface area contributed by atoms with Crippen LogP contribution in [0.15, 0.2) is 11.6 Å². The lowest BCUT2D eigenvalue weighted by Gasteiger charge is -2.72. The molecule has 7 aliphatic rings. The van der Waals surface area contributed by atoms with Gasteiger partial charge in [-0.05, 0) is 91.8 Å². The van der Waals surface area contributed by atoms with E-state index in [1.165, 1.54) is 0 Å². The summed E-state index contributed by atoms with van der Waals surface area (Å²) in [4.78, 5) is 13.6. The number of ether oxygens (including phenoxy) is 4. The number of allylic oxidation sites excluding steroid dienone is 1. The van der Waals surface area contributed by atoms with E-state index in [0.29, 0.717) is 12.8 Å². The molecule has 0 aromatic rings. The molecule has 2 aliphatic heterocycles. The highest BCUT2D eigenvalue weighted by Gasteiger charge is 2.73. The fourth-order valence-corrected chi connectivity index (χ4v) is 13.7. The molecule has 4 saturated carbocycles. The van der Waals surface area contributed by atoms with Crippen LogP contribution in [0.3, 0.4) is 0 Å². The summed E-state index contributed by atoms with van der Waals surface area (Å²) in [5, 5.41) is 96.1. The molecule has 55 heavy (non-hydrogen) atoms. The number of carbonyl (C=O) groups is 1. The molecule has 2 heterocycles. The maximum atomic E-state index is 13.6. The summed E-state index contributed by atoms with van der Waals surface area (Å²) >= 11 is 0. The zero-order chi connectivity index (χ0) is 40.4. The van der Waals surface area contributed by atoms with Crippen LogP contribution in [0, 0.1) is 50.7 Å². The van der Waals surface area contributed by atoms with E-state index in [9.17, 15) is 50.8 Å². The fraction of sp³-hybridized carbons (Fsp3) is 0.927. The van der Waals surface area contributed by atoms with Gasteiger partial charge in [-0.25, -0.2) is 0 Å². The minimum Gasteiger partial charge on any atom is -0.481 e. The number of aliphatic hydroxyl groups is 8. The first-order chi connectivity index (χ1) is 25.5. The lowest BCUT2D eigenvalue weighted by atomic mass is 9.33. The Bertz CT molecular complexity index is 1500. The van der Waals surface area contributed by atoms with E-state index in [1.807, 2.05) is 6.92 Å². The predicted molar refractivity (Wildman–Crippen MR) is 195 cm³/mol. The number of hydrogen-bond acceptors (Lipinski definition) is 13. The number of carboxylic acid groups (broad SMARTS) is 1. The van der Waals surface area contributed by atoms with Gasteiger partial charge in [0.1, 0.15) is 42.7 Å². The van der Waals surface area contributed by atoms with E-state index in [-0.39, 0.29) is 47.2 Å². The standard InChI is InChI=1S/C41H66O14/c1-19-22(53-34-31(48)29(46)28(45)23(17-42)54-34)16-41(35(49)50)15-14-38(5)20(32(41)40(19,7)51)8-9-25-37(4)12-11-26(36(2,3)24(37)10-13-39(25,38)6)55-33-30(47)27(44)21(43)18-52-33/h8,19,21-34,42-48,51H,9-18H2,1-7H3,(H,49,50)/t19-,21+,22-,23-,24+,25-,26+,27+,28-,29+,30-,31-,32-,33+,34-,37+,38-,39-,40-,41-/m1/s1. The van der Waals surface area contributed by atoms with Crippen LogP contribution in [0.2, 0.25) is 0 Å². The zero-order valence-electron chi connectivity index (χ0n) is 33.4. The van der Waals surface area contributed by atoms with Crippen LogP contribution < -0.4 is 0 Å². The minimum absolute atomic E-state index is 0.0393.